The van der Waals surface area contributed by atoms with Gasteiger partial charge < -0.3 is 24.4 Å². The van der Waals surface area contributed by atoms with Crippen molar-refractivity contribution in [3.63, 3.8) is 0 Å². The van der Waals surface area contributed by atoms with Crippen LogP contribution in [0.2, 0.25) is 5.02 Å². The van der Waals surface area contributed by atoms with E-state index in [-0.39, 0.29) is 61.7 Å². The maximum absolute atomic E-state index is 13.7. The molecule has 1 unspecified atom stereocenters. The van der Waals surface area contributed by atoms with Crippen LogP contribution in [-0.2, 0) is 33.4 Å². The Kier molecular flexibility index (Phi) is 14.8. The van der Waals surface area contributed by atoms with Crippen LogP contribution < -0.4 is 10.6 Å². The number of nitrogens with zero attached hydrogens (tertiary/aromatic N) is 7. The normalized spacial score (nSPS) is 18.5. The molecule has 2 fully saturated rings. The summed E-state index contributed by atoms with van der Waals surface area (Å²) in [5.41, 5.74) is 4.72. The van der Waals surface area contributed by atoms with Gasteiger partial charge in [0, 0.05) is 72.3 Å². The maximum atomic E-state index is 13.7. The lowest BCUT2D eigenvalue weighted by atomic mass is 9.99. The third-order valence-electron chi connectivity index (χ3n) is 12.1. The van der Waals surface area contributed by atoms with Crippen LogP contribution in [0.15, 0.2) is 47.5 Å². The van der Waals surface area contributed by atoms with Crippen molar-refractivity contribution in [2.45, 2.75) is 58.5 Å². The molecule has 2 aromatic carbocycles. The smallest absolute Gasteiger partial charge is 0.264 e. The van der Waals surface area contributed by atoms with Crippen molar-refractivity contribution in [1.82, 2.24) is 34.8 Å². The van der Waals surface area contributed by atoms with E-state index in [1.807, 2.05) is 40.7 Å². The molecule has 18 nitrogen and oxygen atoms in total. The van der Waals surface area contributed by atoms with Crippen molar-refractivity contribution < 1.29 is 43.0 Å². The summed E-state index contributed by atoms with van der Waals surface area (Å²) in [7, 11) is 0. The van der Waals surface area contributed by atoms with Crippen molar-refractivity contribution in [3.05, 3.63) is 91.8 Å². The number of Topliss-reactive ketones (excluding diaryl/α,β-unsaturated/α-hetero) is 1. The highest BCUT2D eigenvalue weighted by molar-refractivity contribution is 7.15. The molecule has 348 valence electrons. The minimum absolute atomic E-state index is 0.00203. The first-order valence-electron chi connectivity index (χ1n) is 22.1. The highest BCUT2D eigenvalue weighted by Crippen LogP contribution is 2.40. The van der Waals surface area contributed by atoms with E-state index in [1.165, 1.54) is 4.88 Å². The van der Waals surface area contributed by atoms with Crippen molar-refractivity contribution in [2.75, 3.05) is 84.2 Å². The zero-order chi connectivity index (χ0) is 46.5. The Labute approximate surface area is 390 Å². The molecule has 0 bridgehead atoms. The summed E-state index contributed by atoms with van der Waals surface area (Å²) in [6.45, 7) is 10.8. The van der Waals surface area contributed by atoms with Gasteiger partial charge in [-0.3, -0.25) is 53.4 Å². The number of piperazine rings is 1. The molecule has 2 N–H and O–H groups in total. The molecule has 2 saturated heterocycles. The molecule has 4 aromatic rings. The van der Waals surface area contributed by atoms with Gasteiger partial charge in [0.1, 0.15) is 28.7 Å². The third kappa shape index (κ3) is 10.2. The number of amides is 5. The predicted octanol–water partition coefficient (Wildman–Crippen LogP) is 3.86. The van der Waals surface area contributed by atoms with E-state index in [0.717, 1.165) is 38.1 Å². The summed E-state index contributed by atoms with van der Waals surface area (Å²) in [4.78, 5) is 88.2. The number of nitrogens with one attached hydrogen (secondary N) is 2. The second-order valence-electron chi connectivity index (χ2n) is 16.5. The summed E-state index contributed by atoms with van der Waals surface area (Å²) in [5.74, 6) is -0.804. The second kappa shape index (κ2) is 20.9. The van der Waals surface area contributed by atoms with E-state index in [1.54, 1.807) is 29.5 Å². The first-order valence-corrected chi connectivity index (χ1v) is 23.3. The molecule has 0 aliphatic carbocycles. The number of anilines is 1. The fourth-order valence-electron chi connectivity index (χ4n) is 8.60. The lowest BCUT2D eigenvalue weighted by Crippen LogP contribution is -2.54. The highest BCUT2D eigenvalue weighted by atomic mass is 35.5. The Balaban J connectivity index is 0.701. The van der Waals surface area contributed by atoms with Crippen LogP contribution in [0.3, 0.4) is 0 Å². The molecule has 66 heavy (non-hydrogen) atoms. The molecular formula is C46H52ClN9O9S. The van der Waals surface area contributed by atoms with Crippen molar-refractivity contribution >= 4 is 69.7 Å². The van der Waals surface area contributed by atoms with Gasteiger partial charge in [-0.15, -0.1) is 21.5 Å². The van der Waals surface area contributed by atoms with Gasteiger partial charge in [0.05, 0.1) is 69.4 Å². The Morgan fingerprint density at radius 1 is 0.864 bits per heavy atom. The van der Waals surface area contributed by atoms with E-state index >= 15 is 0 Å². The van der Waals surface area contributed by atoms with Crippen LogP contribution in [0.4, 0.5) is 5.69 Å². The molecule has 8 rings (SSSR count). The van der Waals surface area contributed by atoms with Gasteiger partial charge in [0.15, 0.2) is 5.82 Å². The Hall–Kier alpha value is -5.70. The molecule has 6 heterocycles. The van der Waals surface area contributed by atoms with Crippen LogP contribution >= 0.6 is 22.9 Å². The monoisotopic (exact) mass is 941 g/mol. The molecule has 5 amide bonds. The Bertz CT molecular complexity index is 2550. The van der Waals surface area contributed by atoms with Gasteiger partial charge in [-0.1, -0.05) is 29.8 Å². The summed E-state index contributed by atoms with van der Waals surface area (Å²) >= 11 is 7.92. The number of hydrogen-bond donors (Lipinski definition) is 2. The number of carbonyl (C=O) groups is 6. The minimum atomic E-state index is -1.03. The van der Waals surface area contributed by atoms with Gasteiger partial charge >= 0.3 is 0 Å². The molecule has 4 aliphatic heterocycles. The van der Waals surface area contributed by atoms with E-state index in [4.69, 9.17) is 30.8 Å². The van der Waals surface area contributed by atoms with Crippen molar-refractivity contribution in [2.24, 2.45) is 4.99 Å². The fraction of sp³-hybridized carbons (Fsp3) is 0.457. The van der Waals surface area contributed by atoms with Gasteiger partial charge in [0.25, 0.3) is 11.8 Å². The van der Waals surface area contributed by atoms with Crippen molar-refractivity contribution in [1.29, 1.82) is 0 Å². The van der Waals surface area contributed by atoms with Crippen molar-refractivity contribution in [3.8, 4) is 5.00 Å². The van der Waals surface area contributed by atoms with Crippen LogP contribution in [0.1, 0.15) is 85.7 Å². The number of imide groups is 2. The molecule has 20 heteroatoms. The maximum Gasteiger partial charge on any atom is 0.264 e. The fourth-order valence-corrected chi connectivity index (χ4v) is 9.94. The predicted molar refractivity (Wildman–Crippen MR) is 245 cm³/mol. The number of fused-ring (bicyclic) bond motifs is 4. The number of ketones is 1. The average molecular weight is 942 g/mol. The summed E-state index contributed by atoms with van der Waals surface area (Å²) in [5, 5.41) is 15.9. The Morgan fingerprint density at radius 2 is 1.58 bits per heavy atom. The van der Waals surface area contributed by atoms with Crippen LogP contribution in [0.5, 0.6) is 0 Å². The van der Waals surface area contributed by atoms with E-state index in [2.05, 4.69) is 39.6 Å². The summed E-state index contributed by atoms with van der Waals surface area (Å²) in [6.07, 6.45) is 0.545. The number of halogens is 1. The number of aliphatic imine (C=N–C) groups is 1. The number of carbonyl (C=O) groups excluding carboxylic acids is 6. The first kappa shape index (κ1) is 46.8. The number of piperidine rings is 1. The summed E-state index contributed by atoms with van der Waals surface area (Å²) in [6, 6.07) is 10.9. The molecule has 2 aromatic heterocycles. The number of ether oxygens (including phenoxy) is 3. The van der Waals surface area contributed by atoms with Gasteiger partial charge in [-0.2, -0.15) is 0 Å². The van der Waals surface area contributed by atoms with Gasteiger partial charge in [-0.05, 0) is 57.0 Å². The Morgan fingerprint density at radius 3 is 2.30 bits per heavy atom. The summed E-state index contributed by atoms with van der Waals surface area (Å²) < 4.78 is 18.9. The number of benzene rings is 2. The number of aryl methyl sites for hydroxylation is 2. The van der Waals surface area contributed by atoms with E-state index in [0.29, 0.717) is 82.3 Å². The number of aromatic nitrogens is 3. The molecule has 0 saturated carbocycles. The third-order valence-corrected chi connectivity index (χ3v) is 13.6. The highest BCUT2D eigenvalue weighted by Gasteiger charge is 2.45. The molecule has 4 aliphatic rings. The topological polar surface area (TPSA) is 207 Å². The quantitative estimate of drug-likeness (QED) is 0.101. The molecular weight excluding hydrogens is 890 g/mol. The average Bonchev–Trinajstić information content (AvgIpc) is 3.88. The number of thiophene rings is 1. The molecule has 2 atom stereocenters. The van der Waals surface area contributed by atoms with Crippen LogP contribution in [-0.4, -0.2) is 155 Å². The molecule has 0 radical (unpaired) electrons. The van der Waals surface area contributed by atoms with E-state index in [9.17, 15) is 28.8 Å². The van der Waals surface area contributed by atoms with E-state index < -0.39 is 35.7 Å². The minimum Gasteiger partial charge on any atom is -0.382 e. The van der Waals surface area contributed by atoms with Crippen LogP contribution in [0.25, 0.3) is 5.00 Å². The molecule has 0 spiro atoms. The lowest BCUT2D eigenvalue weighted by Gasteiger charge is -2.34. The lowest BCUT2D eigenvalue weighted by molar-refractivity contribution is -0.137. The largest absolute Gasteiger partial charge is 0.382 e. The number of rotatable bonds is 19. The standard InChI is InChI=1S/C46H52ClN9O9S/c1-27-28(2)66-46-39(27)41(30-7-9-31(47)10-8-30)49-35(42-52-51-29(3)55(42)46)25-32(57)26-53-15-17-54(18-16-53)38(59)13-19-63-21-23-65-24-22-64-20-14-48-34-6-4-5-33-40(34)45(62)56(44(33)61)36-11-12-37(58)50-43(36)60/h4-10,35-36,48H,11-26H2,1-3H3,(H,50,58,60)/t35-,36?/m0/s1. The second-order valence-corrected chi connectivity index (χ2v) is 18.1. The number of hydrogen-bond acceptors (Lipinski definition) is 15. The van der Waals surface area contributed by atoms with Crippen LogP contribution in [0, 0.1) is 20.8 Å². The first-order chi connectivity index (χ1) is 31.9. The van der Waals surface area contributed by atoms with Gasteiger partial charge in [-0.25, -0.2) is 0 Å². The zero-order valence-corrected chi connectivity index (χ0v) is 38.7. The van der Waals surface area contributed by atoms with Gasteiger partial charge in [0.2, 0.25) is 17.7 Å². The zero-order valence-electron chi connectivity index (χ0n) is 37.1. The SMILES string of the molecule is Cc1sc2c(c1C)C(c1ccc(Cl)cc1)=N[C@@H](CC(=O)CN1CCN(C(=O)CCOCCOCCOCCNc3cccc4c3C(=O)N(C3CCC(=O)NC3=O)C4=O)CC1)c1nnc(C)n1-2.